The van der Waals surface area contributed by atoms with E-state index in [2.05, 4.69) is 0 Å². The fourth-order valence-corrected chi connectivity index (χ4v) is 4.17. The van der Waals surface area contributed by atoms with Crippen molar-refractivity contribution in [2.45, 2.75) is 43.4 Å². The molecule has 1 saturated heterocycles. The van der Waals surface area contributed by atoms with Crippen LogP contribution >= 0.6 is 0 Å². The molecule has 0 aromatic heterocycles. The molecule has 2 heterocycles. The molecule has 1 fully saturated rings. The van der Waals surface area contributed by atoms with Crippen LogP contribution in [0.25, 0.3) is 0 Å². The summed E-state index contributed by atoms with van der Waals surface area (Å²) in [7, 11) is 1.47. The Bertz CT molecular complexity index is 975. The molecule has 8 nitrogen and oxygen atoms in total. The molecule has 2 aliphatic heterocycles. The standard InChI is InChI=1S/C23H27FO8/c1-23(24)19(11-25)32-21(20(27)22(23)28)14-9-13(17(29-2)10-15(14)26)7-12-3-4-16-18(8-12)31-6-5-30-16/h3-4,8-10,19-22,25-28H,5-7,11H2,1-2H3/t19-,20+,21+,22-,23-/m1/s1. The zero-order chi connectivity index (χ0) is 23.0. The van der Waals surface area contributed by atoms with Gasteiger partial charge < -0.3 is 39.4 Å². The molecule has 0 spiro atoms. The van der Waals surface area contributed by atoms with E-state index in [1.165, 1.54) is 13.2 Å². The number of rotatable bonds is 5. The maximum atomic E-state index is 14.8. The second-order valence-corrected chi connectivity index (χ2v) is 8.19. The van der Waals surface area contributed by atoms with Crippen LogP contribution in [-0.2, 0) is 11.2 Å². The van der Waals surface area contributed by atoms with E-state index in [1.54, 1.807) is 6.07 Å². The molecule has 2 aliphatic rings. The van der Waals surface area contributed by atoms with E-state index in [9.17, 15) is 24.8 Å². The predicted octanol–water partition coefficient (Wildman–Crippen LogP) is 1.64. The maximum absolute atomic E-state index is 14.8. The van der Waals surface area contributed by atoms with Crippen LogP contribution in [0.5, 0.6) is 23.0 Å². The van der Waals surface area contributed by atoms with Gasteiger partial charge in [-0.3, -0.25) is 0 Å². The Morgan fingerprint density at radius 2 is 1.84 bits per heavy atom. The zero-order valence-electron chi connectivity index (χ0n) is 17.8. The molecular formula is C23H27FO8. The molecule has 0 radical (unpaired) electrons. The number of alkyl halides is 1. The van der Waals surface area contributed by atoms with Gasteiger partial charge in [0.1, 0.15) is 49.1 Å². The number of fused-ring (bicyclic) bond motifs is 1. The average molecular weight is 450 g/mol. The van der Waals surface area contributed by atoms with Crippen LogP contribution in [0.2, 0.25) is 0 Å². The van der Waals surface area contributed by atoms with Crippen molar-refractivity contribution in [2.24, 2.45) is 0 Å². The summed E-state index contributed by atoms with van der Waals surface area (Å²) in [6.45, 7) is 1.30. The van der Waals surface area contributed by atoms with E-state index in [0.717, 1.165) is 12.5 Å². The van der Waals surface area contributed by atoms with Crippen LogP contribution < -0.4 is 14.2 Å². The number of aromatic hydroxyl groups is 1. The molecule has 9 heteroatoms. The van der Waals surface area contributed by atoms with Crippen molar-refractivity contribution in [3.05, 3.63) is 47.0 Å². The lowest BCUT2D eigenvalue weighted by Crippen LogP contribution is -2.60. The lowest BCUT2D eigenvalue weighted by molar-refractivity contribution is -0.249. The zero-order valence-corrected chi connectivity index (χ0v) is 17.8. The van der Waals surface area contributed by atoms with Crippen LogP contribution in [0.15, 0.2) is 30.3 Å². The van der Waals surface area contributed by atoms with Gasteiger partial charge in [-0.25, -0.2) is 4.39 Å². The van der Waals surface area contributed by atoms with Crippen LogP contribution in [0.4, 0.5) is 4.39 Å². The highest BCUT2D eigenvalue weighted by atomic mass is 19.1. The number of benzene rings is 2. The van der Waals surface area contributed by atoms with Gasteiger partial charge in [0.25, 0.3) is 0 Å². The second-order valence-electron chi connectivity index (χ2n) is 8.19. The molecule has 0 unspecified atom stereocenters. The summed E-state index contributed by atoms with van der Waals surface area (Å²) in [6, 6.07) is 8.51. The number of ether oxygens (including phenoxy) is 4. The highest BCUT2D eigenvalue weighted by Gasteiger charge is 2.54. The molecule has 2 aromatic carbocycles. The summed E-state index contributed by atoms with van der Waals surface area (Å²) in [5, 5.41) is 40.9. The van der Waals surface area contributed by atoms with Gasteiger partial charge in [-0.1, -0.05) is 6.07 Å². The lowest BCUT2D eigenvalue weighted by atomic mass is 9.83. The first kappa shape index (κ1) is 22.6. The molecule has 2 aromatic rings. The first-order valence-corrected chi connectivity index (χ1v) is 10.4. The Morgan fingerprint density at radius 1 is 1.12 bits per heavy atom. The van der Waals surface area contributed by atoms with Gasteiger partial charge in [0.15, 0.2) is 17.2 Å². The Balaban J connectivity index is 1.68. The number of hydrogen-bond acceptors (Lipinski definition) is 8. The molecule has 174 valence electrons. The predicted molar refractivity (Wildman–Crippen MR) is 111 cm³/mol. The number of hydrogen-bond donors (Lipinski definition) is 4. The Hall–Kier alpha value is -2.59. The fraction of sp³-hybridized carbons (Fsp3) is 0.478. The Kier molecular flexibility index (Phi) is 6.17. The number of aliphatic hydroxyl groups is 3. The minimum atomic E-state index is -2.36. The number of aliphatic hydroxyl groups excluding tert-OH is 3. The van der Waals surface area contributed by atoms with Crippen molar-refractivity contribution < 1.29 is 43.8 Å². The summed E-state index contributed by atoms with van der Waals surface area (Å²) in [6.07, 6.45) is -5.72. The van der Waals surface area contributed by atoms with E-state index in [0.29, 0.717) is 42.4 Å². The first-order chi connectivity index (χ1) is 15.3. The third kappa shape index (κ3) is 3.97. The molecule has 32 heavy (non-hydrogen) atoms. The second kappa shape index (κ2) is 8.74. The van der Waals surface area contributed by atoms with E-state index < -0.39 is 36.7 Å². The first-order valence-electron chi connectivity index (χ1n) is 10.4. The van der Waals surface area contributed by atoms with Crippen molar-refractivity contribution in [2.75, 3.05) is 26.9 Å². The highest BCUT2D eigenvalue weighted by molar-refractivity contribution is 5.51. The lowest BCUT2D eigenvalue weighted by Gasteiger charge is -2.45. The number of phenolic OH excluding ortho intramolecular Hbond substituents is 1. The normalized spacial score (nSPS) is 29.6. The fourth-order valence-electron chi connectivity index (χ4n) is 4.17. The van der Waals surface area contributed by atoms with Gasteiger partial charge >= 0.3 is 0 Å². The number of phenols is 1. The van der Waals surface area contributed by atoms with Gasteiger partial charge in [0, 0.05) is 18.1 Å². The smallest absolute Gasteiger partial charge is 0.164 e. The van der Waals surface area contributed by atoms with Crippen molar-refractivity contribution in [1.82, 2.24) is 0 Å². The number of halogens is 1. The number of methoxy groups -OCH3 is 1. The monoisotopic (exact) mass is 450 g/mol. The average Bonchev–Trinajstić information content (AvgIpc) is 2.79. The van der Waals surface area contributed by atoms with Gasteiger partial charge in [-0.15, -0.1) is 0 Å². The largest absolute Gasteiger partial charge is 0.507 e. The minimum absolute atomic E-state index is 0.152. The van der Waals surface area contributed by atoms with Crippen LogP contribution in [-0.4, -0.2) is 71.3 Å². The van der Waals surface area contributed by atoms with E-state index >= 15 is 0 Å². The van der Waals surface area contributed by atoms with Crippen molar-refractivity contribution in [3.63, 3.8) is 0 Å². The van der Waals surface area contributed by atoms with Crippen LogP contribution in [0.3, 0.4) is 0 Å². The SMILES string of the molecule is COc1cc(O)c([C@@H]2O[C@H](CO)[C@@](C)(F)[C@H](O)[C@H]2O)cc1Cc1ccc2c(c1)OCCO2. The highest BCUT2D eigenvalue weighted by Crippen LogP contribution is 2.44. The minimum Gasteiger partial charge on any atom is -0.507 e. The summed E-state index contributed by atoms with van der Waals surface area (Å²) in [4.78, 5) is 0. The van der Waals surface area contributed by atoms with Gasteiger partial charge in [0.05, 0.1) is 13.7 Å². The molecule has 4 rings (SSSR count). The quantitative estimate of drug-likeness (QED) is 0.543. The molecule has 0 amide bonds. The molecule has 5 atom stereocenters. The van der Waals surface area contributed by atoms with Gasteiger partial charge in [0.2, 0.25) is 0 Å². The Morgan fingerprint density at radius 3 is 2.53 bits per heavy atom. The molecule has 0 aliphatic carbocycles. The van der Waals surface area contributed by atoms with Crippen LogP contribution in [0.1, 0.15) is 29.7 Å². The topological polar surface area (TPSA) is 118 Å². The summed E-state index contributed by atoms with van der Waals surface area (Å²) < 4.78 is 37.0. The van der Waals surface area contributed by atoms with E-state index in [4.69, 9.17) is 18.9 Å². The van der Waals surface area contributed by atoms with Crippen molar-refractivity contribution in [1.29, 1.82) is 0 Å². The van der Waals surface area contributed by atoms with Crippen molar-refractivity contribution >= 4 is 0 Å². The van der Waals surface area contributed by atoms with Gasteiger partial charge in [-0.05, 0) is 36.2 Å². The van der Waals surface area contributed by atoms with E-state index in [1.807, 2.05) is 18.2 Å². The maximum Gasteiger partial charge on any atom is 0.164 e. The van der Waals surface area contributed by atoms with Gasteiger partial charge in [-0.2, -0.15) is 0 Å². The van der Waals surface area contributed by atoms with Crippen molar-refractivity contribution in [3.8, 4) is 23.0 Å². The van der Waals surface area contributed by atoms with E-state index in [-0.39, 0.29) is 11.3 Å². The Labute approximate surface area is 184 Å². The summed E-state index contributed by atoms with van der Waals surface area (Å²) in [5.41, 5.74) is -0.657. The third-order valence-electron chi connectivity index (χ3n) is 6.06. The molecule has 4 N–H and O–H groups in total. The third-order valence-corrected chi connectivity index (χ3v) is 6.06. The molecule has 0 saturated carbocycles. The molecule has 0 bridgehead atoms. The summed E-state index contributed by atoms with van der Waals surface area (Å²) in [5.74, 6) is 1.45. The summed E-state index contributed by atoms with van der Waals surface area (Å²) >= 11 is 0. The molecular weight excluding hydrogens is 423 g/mol. The van der Waals surface area contributed by atoms with Crippen LogP contribution in [0, 0.1) is 0 Å².